The lowest BCUT2D eigenvalue weighted by Gasteiger charge is -2.10. The predicted molar refractivity (Wildman–Crippen MR) is 65.6 cm³/mol. The van der Waals surface area contributed by atoms with Crippen LogP contribution in [0.5, 0.6) is 5.75 Å². The van der Waals surface area contributed by atoms with Crippen molar-refractivity contribution in [2.45, 2.75) is 19.4 Å². The molecule has 0 N–H and O–H groups in total. The fraction of sp³-hybridized carbons (Fsp3) is 0.200. The molecule has 0 aromatic heterocycles. The average molecular weight is 246 g/mol. The van der Waals surface area contributed by atoms with E-state index in [9.17, 15) is 8.78 Å². The number of hydrogen-bond acceptors (Lipinski definition) is 1. The van der Waals surface area contributed by atoms with Crippen molar-refractivity contribution in [3.05, 3.63) is 53.6 Å². The number of ether oxygens (including phenoxy) is 1. The standard InChI is InChI=1S/C15H12F2O/c1-9-6-11-7-13(17)8-14(15(11)18-9)10-2-4-12(16)5-3-10/h2-5,7-9H,6H2,1H3. The van der Waals surface area contributed by atoms with Gasteiger partial charge in [-0.3, -0.25) is 0 Å². The van der Waals surface area contributed by atoms with Crippen LogP contribution in [0.15, 0.2) is 36.4 Å². The van der Waals surface area contributed by atoms with E-state index in [4.69, 9.17) is 4.74 Å². The van der Waals surface area contributed by atoms with Gasteiger partial charge in [-0.1, -0.05) is 12.1 Å². The van der Waals surface area contributed by atoms with Crippen molar-refractivity contribution in [1.82, 2.24) is 0 Å². The summed E-state index contributed by atoms with van der Waals surface area (Å²) in [6.07, 6.45) is 0.766. The Balaban J connectivity index is 2.15. The van der Waals surface area contributed by atoms with Gasteiger partial charge in [-0.25, -0.2) is 8.78 Å². The first-order chi connectivity index (χ1) is 8.63. The first-order valence-corrected chi connectivity index (χ1v) is 5.88. The second-order valence-electron chi connectivity index (χ2n) is 4.58. The van der Waals surface area contributed by atoms with Gasteiger partial charge in [0.25, 0.3) is 0 Å². The molecule has 1 nitrogen and oxygen atoms in total. The Kier molecular flexibility index (Phi) is 2.54. The Morgan fingerprint density at radius 1 is 1.06 bits per heavy atom. The molecule has 3 heteroatoms. The Labute approximate surface area is 104 Å². The average Bonchev–Trinajstić information content (AvgIpc) is 2.69. The van der Waals surface area contributed by atoms with Crippen LogP contribution in [-0.4, -0.2) is 6.10 Å². The molecule has 1 aliphatic rings. The van der Waals surface area contributed by atoms with Crippen LogP contribution >= 0.6 is 0 Å². The second kappa shape index (κ2) is 4.09. The molecule has 0 aliphatic carbocycles. The van der Waals surface area contributed by atoms with Gasteiger partial charge < -0.3 is 4.74 Å². The topological polar surface area (TPSA) is 9.23 Å². The molecule has 1 heterocycles. The van der Waals surface area contributed by atoms with Crippen LogP contribution in [0, 0.1) is 11.6 Å². The lowest BCUT2D eigenvalue weighted by atomic mass is 10.0. The predicted octanol–water partition coefficient (Wildman–Crippen LogP) is 3.96. The summed E-state index contributed by atoms with van der Waals surface area (Å²) in [5.41, 5.74) is 2.33. The molecular formula is C15H12F2O. The molecule has 2 aromatic rings. The number of fused-ring (bicyclic) bond motifs is 1. The molecule has 1 unspecified atom stereocenters. The minimum absolute atomic E-state index is 0.0565. The molecular weight excluding hydrogens is 234 g/mol. The minimum atomic E-state index is -0.305. The van der Waals surface area contributed by atoms with E-state index < -0.39 is 0 Å². The number of rotatable bonds is 1. The summed E-state index contributed by atoms with van der Waals surface area (Å²) < 4.78 is 32.2. The van der Waals surface area contributed by atoms with Crippen molar-refractivity contribution >= 4 is 0 Å². The van der Waals surface area contributed by atoms with Gasteiger partial charge in [0.05, 0.1) is 0 Å². The van der Waals surface area contributed by atoms with Crippen LogP contribution < -0.4 is 4.74 Å². The molecule has 0 saturated carbocycles. The molecule has 1 atom stereocenters. The molecule has 92 valence electrons. The highest BCUT2D eigenvalue weighted by atomic mass is 19.1. The van der Waals surface area contributed by atoms with E-state index in [1.165, 1.54) is 24.3 Å². The van der Waals surface area contributed by atoms with Crippen molar-refractivity contribution in [2.24, 2.45) is 0 Å². The highest BCUT2D eigenvalue weighted by molar-refractivity contribution is 5.73. The van der Waals surface area contributed by atoms with Crippen LogP contribution in [0.4, 0.5) is 8.78 Å². The summed E-state index contributed by atoms with van der Waals surface area (Å²) >= 11 is 0. The normalized spacial score (nSPS) is 17.4. The third-order valence-corrected chi connectivity index (χ3v) is 3.11. The van der Waals surface area contributed by atoms with Crippen molar-refractivity contribution in [3.63, 3.8) is 0 Å². The Hall–Kier alpha value is -1.90. The number of benzene rings is 2. The molecule has 0 fully saturated rings. The van der Waals surface area contributed by atoms with Crippen molar-refractivity contribution < 1.29 is 13.5 Å². The highest BCUT2D eigenvalue weighted by Gasteiger charge is 2.23. The maximum atomic E-state index is 13.6. The van der Waals surface area contributed by atoms with Crippen LogP contribution in [0.3, 0.4) is 0 Å². The first kappa shape index (κ1) is 11.2. The SMILES string of the molecule is CC1Cc2cc(F)cc(-c3ccc(F)cc3)c2O1. The van der Waals surface area contributed by atoms with E-state index in [2.05, 4.69) is 0 Å². The lowest BCUT2D eigenvalue weighted by molar-refractivity contribution is 0.255. The van der Waals surface area contributed by atoms with Gasteiger partial charge in [-0.05, 0) is 36.8 Å². The zero-order valence-electron chi connectivity index (χ0n) is 9.91. The van der Waals surface area contributed by atoms with Crippen LogP contribution in [0.25, 0.3) is 11.1 Å². The van der Waals surface area contributed by atoms with Gasteiger partial charge in [-0.15, -0.1) is 0 Å². The van der Waals surface area contributed by atoms with Gasteiger partial charge in [0.1, 0.15) is 23.5 Å². The summed E-state index contributed by atoms with van der Waals surface area (Å²) in [4.78, 5) is 0. The zero-order chi connectivity index (χ0) is 12.7. The van der Waals surface area contributed by atoms with Gasteiger partial charge in [0.2, 0.25) is 0 Å². The Morgan fingerprint density at radius 3 is 2.50 bits per heavy atom. The van der Waals surface area contributed by atoms with E-state index in [1.54, 1.807) is 12.1 Å². The fourth-order valence-corrected chi connectivity index (χ4v) is 2.34. The van der Waals surface area contributed by atoms with Crippen LogP contribution in [0.2, 0.25) is 0 Å². The lowest BCUT2D eigenvalue weighted by Crippen LogP contribution is -2.05. The van der Waals surface area contributed by atoms with Crippen LogP contribution in [0.1, 0.15) is 12.5 Å². The van der Waals surface area contributed by atoms with Crippen molar-refractivity contribution in [1.29, 1.82) is 0 Å². The molecule has 0 radical (unpaired) electrons. The molecule has 0 bridgehead atoms. The largest absolute Gasteiger partial charge is 0.489 e. The zero-order valence-corrected chi connectivity index (χ0v) is 9.91. The maximum Gasteiger partial charge on any atom is 0.131 e. The summed E-state index contributed by atoms with van der Waals surface area (Å²) in [5.74, 6) is 0.127. The van der Waals surface area contributed by atoms with E-state index >= 15 is 0 Å². The van der Waals surface area contributed by atoms with Crippen molar-refractivity contribution in [3.8, 4) is 16.9 Å². The fourth-order valence-electron chi connectivity index (χ4n) is 2.34. The Bertz CT molecular complexity index is 590. The number of halogens is 2. The quantitative estimate of drug-likeness (QED) is 0.740. The molecule has 0 amide bonds. The second-order valence-corrected chi connectivity index (χ2v) is 4.58. The third-order valence-electron chi connectivity index (χ3n) is 3.11. The molecule has 2 aromatic carbocycles. The van der Waals surface area contributed by atoms with Gasteiger partial charge >= 0.3 is 0 Å². The monoisotopic (exact) mass is 246 g/mol. The number of hydrogen-bond donors (Lipinski definition) is 0. The molecule has 18 heavy (non-hydrogen) atoms. The van der Waals surface area contributed by atoms with Gasteiger partial charge in [0, 0.05) is 17.5 Å². The van der Waals surface area contributed by atoms with Crippen molar-refractivity contribution in [2.75, 3.05) is 0 Å². The van der Waals surface area contributed by atoms with E-state index in [-0.39, 0.29) is 17.7 Å². The minimum Gasteiger partial charge on any atom is -0.489 e. The summed E-state index contributed by atoms with van der Waals surface area (Å²) in [6, 6.07) is 8.94. The maximum absolute atomic E-state index is 13.6. The summed E-state index contributed by atoms with van der Waals surface area (Å²) in [7, 11) is 0. The summed E-state index contributed by atoms with van der Waals surface area (Å²) in [6.45, 7) is 1.95. The van der Waals surface area contributed by atoms with E-state index in [0.717, 1.165) is 16.9 Å². The molecule has 0 saturated heterocycles. The third kappa shape index (κ3) is 1.86. The first-order valence-electron chi connectivity index (χ1n) is 5.88. The Morgan fingerprint density at radius 2 is 1.78 bits per heavy atom. The summed E-state index contributed by atoms with van der Waals surface area (Å²) in [5, 5.41) is 0. The highest BCUT2D eigenvalue weighted by Crippen LogP contribution is 2.39. The molecule has 3 rings (SSSR count). The van der Waals surface area contributed by atoms with Gasteiger partial charge in [-0.2, -0.15) is 0 Å². The van der Waals surface area contributed by atoms with Crippen LogP contribution in [-0.2, 0) is 6.42 Å². The molecule has 0 spiro atoms. The smallest absolute Gasteiger partial charge is 0.131 e. The van der Waals surface area contributed by atoms with Gasteiger partial charge in [0.15, 0.2) is 0 Å². The van der Waals surface area contributed by atoms with E-state index in [1.807, 2.05) is 6.92 Å². The molecule has 1 aliphatic heterocycles. The van der Waals surface area contributed by atoms with E-state index in [0.29, 0.717) is 12.0 Å².